The first-order valence-corrected chi connectivity index (χ1v) is 12.4. The predicted octanol–water partition coefficient (Wildman–Crippen LogP) is 4.07. The molecule has 0 saturated carbocycles. The molecule has 31 heavy (non-hydrogen) atoms. The van der Waals surface area contributed by atoms with Crippen LogP contribution in [0.5, 0.6) is 5.75 Å². The van der Waals surface area contributed by atoms with Crippen molar-refractivity contribution in [1.29, 1.82) is 0 Å². The maximum atomic E-state index is 13.2. The first-order chi connectivity index (χ1) is 15.1. The molecular weight excluding hydrogens is 430 g/mol. The van der Waals surface area contributed by atoms with E-state index in [0.29, 0.717) is 12.3 Å². The predicted molar refractivity (Wildman–Crippen MR) is 128 cm³/mol. The summed E-state index contributed by atoms with van der Waals surface area (Å²) < 4.78 is 12.3. The Bertz CT molecular complexity index is 1030. The van der Waals surface area contributed by atoms with Crippen LogP contribution < -0.4 is 9.64 Å². The molecule has 1 saturated heterocycles. The van der Waals surface area contributed by atoms with Gasteiger partial charge in [-0.05, 0) is 49.1 Å². The molecule has 2 heterocycles. The van der Waals surface area contributed by atoms with E-state index < -0.39 is 0 Å². The zero-order chi connectivity index (χ0) is 21.6. The molecule has 6 nitrogen and oxygen atoms in total. The molecule has 1 aromatic heterocycles. The smallest absolute Gasteiger partial charge is 0.266 e. The van der Waals surface area contributed by atoms with E-state index >= 15 is 0 Å². The number of thiazole rings is 1. The maximum absolute atomic E-state index is 13.2. The number of anilines is 1. The van der Waals surface area contributed by atoms with Gasteiger partial charge >= 0.3 is 0 Å². The zero-order valence-electron chi connectivity index (χ0n) is 17.9. The summed E-state index contributed by atoms with van der Waals surface area (Å²) in [7, 11) is 0. The molecule has 3 aromatic rings. The van der Waals surface area contributed by atoms with Gasteiger partial charge in [-0.15, -0.1) is 11.8 Å². The largest absolute Gasteiger partial charge is 0.484 e. The molecule has 4 rings (SSSR count). The fourth-order valence-corrected chi connectivity index (χ4v) is 5.02. The van der Waals surface area contributed by atoms with Crippen LogP contribution >= 0.6 is 23.1 Å². The van der Waals surface area contributed by atoms with E-state index in [-0.39, 0.29) is 12.5 Å². The van der Waals surface area contributed by atoms with Crippen LogP contribution in [-0.4, -0.2) is 68.0 Å². The molecular formula is C23H27N3O3S2. The minimum absolute atomic E-state index is 0.0153. The zero-order valence-corrected chi connectivity index (χ0v) is 19.5. The van der Waals surface area contributed by atoms with Crippen LogP contribution in [-0.2, 0) is 9.53 Å². The Balaban J connectivity index is 1.52. The van der Waals surface area contributed by atoms with Crippen molar-refractivity contribution in [2.24, 2.45) is 0 Å². The third kappa shape index (κ3) is 5.77. The molecule has 0 N–H and O–H groups in total. The number of carbonyl (C=O) groups is 1. The van der Waals surface area contributed by atoms with Crippen molar-refractivity contribution < 1.29 is 14.3 Å². The molecule has 2 aromatic carbocycles. The second kappa shape index (κ2) is 10.5. The van der Waals surface area contributed by atoms with E-state index in [4.69, 9.17) is 14.5 Å². The highest BCUT2D eigenvalue weighted by Gasteiger charge is 2.22. The van der Waals surface area contributed by atoms with Gasteiger partial charge in [-0.3, -0.25) is 14.6 Å². The summed E-state index contributed by atoms with van der Waals surface area (Å²) >= 11 is 3.26. The average Bonchev–Trinajstić information content (AvgIpc) is 3.21. The van der Waals surface area contributed by atoms with Crippen LogP contribution in [0.4, 0.5) is 5.13 Å². The summed E-state index contributed by atoms with van der Waals surface area (Å²) in [5, 5.41) is 0.722. The van der Waals surface area contributed by atoms with Crippen LogP contribution in [0, 0.1) is 6.92 Å². The van der Waals surface area contributed by atoms with Gasteiger partial charge in [-0.1, -0.05) is 23.5 Å². The summed E-state index contributed by atoms with van der Waals surface area (Å²) in [6, 6.07) is 14.0. The third-order valence-electron chi connectivity index (χ3n) is 5.21. The van der Waals surface area contributed by atoms with Crippen molar-refractivity contribution in [1.82, 2.24) is 9.88 Å². The van der Waals surface area contributed by atoms with E-state index in [1.165, 1.54) is 4.90 Å². The summed E-state index contributed by atoms with van der Waals surface area (Å²) in [4.78, 5) is 23.2. The van der Waals surface area contributed by atoms with Crippen molar-refractivity contribution in [3.63, 3.8) is 0 Å². The Morgan fingerprint density at radius 1 is 1.26 bits per heavy atom. The fourth-order valence-electron chi connectivity index (χ4n) is 3.46. The van der Waals surface area contributed by atoms with Crippen molar-refractivity contribution in [3.8, 4) is 5.75 Å². The lowest BCUT2D eigenvalue weighted by Gasteiger charge is -2.29. The van der Waals surface area contributed by atoms with Gasteiger partial charge in [-0.2, -0.15) is 0 Å². The van der Waals surface area contributed by atoms with Crippen molar-refractivity contribution in [2.75, 3.05) is 57.2 Å². The Labute approximate surface area is 191 Å². The maximum Gasteiger partial charge on any atom is 0.266 e. The first kappa shape index (κ1) is 22.1. The summed E-state index contributed by atoms with van der Waals surface area (Å²) in [6.07, 6.45) is 2.06. The van der Waals surface area contributed by atoms with E-state index in [0.717, 1.165) is 53.8 Å². The minimum atomic E-state index is -0.0843. The third-order valence-corrected chi connectivity index (χ3v) is 6.98. The number of aryl methyl sites for hydroxylation is 1. The van der Waals surface area contributed by atoms with Gasteiger partial charge in [0.05, 0.1) is 23.4 Å². The number of amides is 1. The van der Waals surface area contributed by atoms with E-state index in [2.05, 4.69) is 23.3 Å². The number of rotatable bonds is 8. The number of hydrogen-bond donors (Lipinski definition) is 0. The molecule has 1 aliphatic heterocycles. The number of fused-ring (bicyclic) bond motifs is 1. The lowest BCUT2D eigenvalue weighted by atomic mass is 10.2. The van der Waals surface area contributed by atoms with Gasteiger partial charge in [0.25, 0.3) is 5.91 Å². The first-order valence-electron chi connectivity index (χ1n) is 10.4. The highest BCUT2D eigenvalue weighted by Crippen LogP contribution is 2.31. The molecule has 1 aliphatic rings. The van der Waals surface area contributed by atoms with Crippen LogP contribution in [0.3, 0.4) is 0 Å². The highest BCUT2D eigenvalue weighted by atomic mass is 32.2. The topological polar surface area (TPSA) is 54.9 Å². The molecule has 8 heteroatoms. The summed E-state index contributed by atoms with van der Waals surface area (Å²) in [5.74, 6) is 0.620. The minimum Gasteiger partial charge on any atom is -0.484 e. The Hall–Kier alpha value is -2.13. The molecule has 0 spiro atoms. The Kier molecular flexibility index (Phi) is 7.45. The second-order valence-corrected chi connectivity index (χ2v) is 9.32. The van der Waals surface area contributed by atoms with Gasteiger partial charge in [-0.25, -0.2) is 4.98 Å². The lowest BCUT2D eigenvalue weighted by Crippen LogP contribution is -2.44. The molecule has 0 bridgehead atoms. The second-order valence-electron chi connectivity index (χ2n) is 7.43. The molecule has 164 valence electrons. The van der Waals surface area contributed by atoms with Gasteiger partial charge < -0.3 is 9.47 Å². The molecule has 0 radical (unpaired) electrons. The number of ether oxygens (including phenoxy) is 2. The van der Waals surface area contributed by atoms with Gasteiger partial charge in [0.1, 0.15) is 5.75 Å². The van der Waals surface area contributed by atoms with Crippen LogP contribution in [0.15, 0.2) is 47.4 Å². The van der Waals surface area contributed by atoms with Crippen LogP contribution in [0.1, 0.15) is 5.56 Å². The average molecular weight is 458 g/mol. The van der Waals surface area contributed by atoms with Crippen LogP contribution in [0.25, 0.3) is 10.2 Å². The normalized spacial score (nSPS) is 14.6. The van der Waals surface area contributed by atoms with Gasteiger partial charge in [0.2, 0.25) is 0 Å². The Morgan fingerprint density at radius 3 is 2.87 bits per heavy atom. The fraction of sp³-hybridized carbons (Fsp3) is 0.391. The number of nitrogens with zero attached hydrogens (tertiary/aromatic N) is 3. The number of thioether (sulfide) groups is 1. The lowest BCUT2D eigenvalue weighted by molar-refractivity contribution is -0.120. The highest BCUT2D eigenvalue weighted by molar-refractivity contribution is 7.98. The van der Waals surface area contributed by atoms with E-state index in [1.54, 1.807) is 28.0 Å². The SMILES string of the molecule is CSc1ccc2nc(N(CCN3CCOCC3)C(=O)COc3cccc(C)c3)sc2c1. The number of morpholine rings is 1. The monoisotopic (exact) mass is 457 g/mol. The summed E-state index contributed by atoms with van der Waals surface area (Å²) in [6.45, 7) is 6.60. The molecule has 0 atom stereocenters. The summed E-state index contributed by atoms with van der Waals surface area (Å²) in [5.41, 5.74) is 2.02. The van der Waals surface area contributed by atoms with Crippen LogP contribution in [0.2, 0.25) is 0 Å². The quantitative estimate of drug-likeness (QED) is 0.475. The number of carbonyl (C=O) groups excluding carboxylic acids is 1. The van der Waals surface area contributed by atoms with Crippen molar-refractivity contribution >= 4 is 44.4 Å². The molecule has 1 amide bonds. The van der Waals surface area contributed by atoms with Crippen molar-refractivity contribution in [3.05, 3.63) is 48.0 Å². The van der Waals surface area contributed by atoms with Gasteiger partial charge in [0, 0.05) is 31.1 Å². The Morgan fingerprint density at radius 2 is 2.10 bits per heavy atom. The van der Waals surface area contributed by atoms with E-state index in [9.17, 15) is 4.79 Å². The standard InChI is InChI=1S/C23H27N3O3S2/c1-17-4-3-5-18(14-17)29-16-22(27)26(9-8-25-10-12-28-13-11-25)23-24-20-7-6-19(30-2)15-21(20)31-23/h3-7,14-15H,8-13,16H2,1-2H3. The van der Waals surface area contributed by atoms with Crippen molar-refractivity contribution in [2.45, 2.75) is 11.8 Å². The van der Waals surface area contributed by atoms with E-state index in [1.807, 2.05) is 37.3 Å². The number of benzene rings is 2. The number of hydrogen-bond acceptors (Lipinski definition) is 7. The van der Waals surface area contributed by atoms with Gasteiger partial charge in [0.15, 0.2) is 11.7 Å². The molecule has 0 aliphatic carbocycles. The number of aromatic nitrogens is 1. The molecule has 1 fully saturated rings. The molecule has 0 unspecified atom stereocenters.